The van der Waals surface area contributed by atoms with E-state index in [9.17, 15) is 8.78 Å². The first kappa shape index (κ1) is 17.4. The molecule has 1 N–H and O–H groups in total. The number of rotatable bonds is 6. The Labute approximate surface area is 137 Å². The number of piperazine rings is 1. The van der Waals surface area contributed by atoms with E-state index in [0.717, 1.165) is 31.7 Å². The molecular weight excluding hydrogens is 358 g/mol. The average Bonchev–Trinajstić information content (AvgIpc) is 2.43. The second-order valence-electron chi connectivity index (χ2n) is 5.31. The average molecular weight is 379 g/mol. The fourth-order valence-electron chi connectivity index (χ4n) is 2.59. The number of benzene rings is 1. The van der Waals surface area contributed by atoms with Crippen molar-refractivity contribution in [3.05, 3.63) is 22.2 Å². The number of alkyl halides is 2. The van der Waals surface area contributed by atoms with Gasteiger partial charge in [-0.05, 0) is 47.5 Å². The molecule has 1 aromatic carbocycles. The molecule has 0 bridgehead atoms. The Kier molecular flexibility index (Phi) is 6.40. The fraction of sp³-hybridized carbons (Fsp3) is 0.600. The van der Waals surface area contributed by atoms with E-state index in [0.29, 0.717) is 22.9 Å². The van der Waals surface area contributed by atoms with Crippen LogP contribution in [0.25, 0.3) is 0 Å². The molecule has 0 aliphatic carbocycles. The van der Waals surface area contributed by atoms with Gasteiger partial charge in [-0.3, -0.25) is 4.90 Å². The third-order valence-electron chi connectivity index (χ3n) is 3.44. The smallest absolute Gasteiger partial charge is 0.387 e. The fourth-order valence-corrected chi connectivity index (χ4v) is 3.18. The van der Waals surface area contributed by atoms with Crippen LogP contribution in [0.2, 0.25) is 0 Å². The maximum atomic E-state index is 12.5. The van der Waals surface area contributed by atoms with Crippen LogP contribution in [0.5, 0.6) is 11.5 Å². The van der Waals surface area contributed by atoms with E-state index >= 15 is 0 Å². The third-order valence-corrected chi connectivity index (χ3v) is 4.02. The molecule has 2 rings (SSSR count). The molecule has 1 aliphatic rings. The number of nitrogens with one attached hydrogen (secondary N) is 1. The van der Waals surface area contributed by atoms with E-state index in [4.69, 9.17) is 4.74 Å². The van der Waals surface area contributed by atoms with Crippen molar-refractivity contribution in [2.45, 2.75) is 33.0 Å². The van der Waals surface area contributed by atoms with Gasteiger partial charge < -0.3 is 14.8 Å². The zero-order valence-electron chi connectivity index (χ0n) is 12.7. The molecular formula is C15H21BrF2N2O2. The van der Waals surface area contributed by atoms with Crippen LogP contribution >= 0.6 is 15.9 Å². The minimum Gasteiger partial charge on any atom is -0.490 e. The van der Waals surface area contributed by atoms with Gasteiger partial charge in [0, 0.05) is 32.2 Å². The molecule has 0 unspecified atom stereocenters. The largest absolute Gasteiger partial charge is 0.490 e. The van der Waals surface area contributed by atoms with Crippen LogP contribution < -0.4 is 14.8 Å². The zero-order chi connectivity index (χ0) is 16.1. The molecule has 7 heteroatoms. The molecule has 1 atom stereocenters. The van der Waals surface area contributed by atoms with Crippen molar-refractivity contribution < 1.29 is 18.3 Å². The van der Waals surface area contributed by atoms with E-state index in [1.807, 2.05) is 13.0 Å². The number of hydrogen-bond acceptors (Lipinski definition) is 4. The quantitative estimate of drug-likeness (QED) is 0.823. The highest BCUT2D eigenvalue weighted by Gasteiger charge is 2.19. The second kappa shape index (κ2) is 8.08. The van der Waals surface area contributed by atoms with E-state index in [-0.39, 0.29) is 5.75 Å². The molecule has 22 heavy (non-hydrogen) atoms. The molecule has 0 radical (unpaired) electrons. The van der Waals surface area contributed by atoms with Gasteiger partial charge in [0.2, 0.25) is 0 Å². The summed E-state index contributed by atoms with van der Waals surface area (Å²) >= 11 is 3.30. The van der Waals surface area contributed by atoms with Crippen molar-refractivity contribution in [3.63, 3.8) is 0 Å². The van der Waals surface area contributed by atoms with Gasteiger partial charge in [0.05, 0.1) is 11.1 Å². The summed E-state index contributed by atoms with van der Waals surface area (Å²) in [7, 11) is 0. The maximum absolute atomic E-state index is 12.5. The van der Waals surface area contributed by atoms with E-state index in [1.165, 1.54) is 0 Å². The topological polar surface area (TPSA) is 33.7 Å². The third kappa shape index (κ3) is 4.79. The van der Waals surface area contributed by atoms with Crippen LogP contribution in [0.4, 0.5) is 8.78 Å². The molecule has 0 aromatic heterocycles. The van der Waals surface area contributed by atoms with Gasteiger partial charge in [-0.2, -0.15) is 8.78 Å². The number of nitrogens with zero attached hydrogens (tertiary/aromatic N) is 1. The summed E-state index contributed by atoms with van der Waals surface area (Å²) in [5.41, 5.74) is 1.01. The first-order valence-corrected chi connectivity index (χ1v) is 8.14. The highest BCUT2D eigenvalue weighted by molar-refractivity contribution is 9.10. The Balaban J connectivity index is 2.17. The molecule has 4 nitrogen and oxygen atoms in total. The predicted molar refractivity (Wildman–Crippen MR) is 84.7 cm³/mol. The first-order chi connectivity index (χ1) is 10.5. The lowest BCUT2D eigenvalue weighted by atomic mass is 10.1. The van der Waals surface area contributed by atoms with Crippen LogP contribution in [0.15, 0.2) is 16.6 Å². The molecule has 124 valence electrons. The first-order valence-electron chi connectivity index (χ1n) is 7.35. The Morgan fingerprint density at radius 3 is 2.86 bits per heavy atom. The van der Waals surface area contributed by atoms with Crippen LogP contribution in [-0.4, -0.2) is 43.8 Å². The van der Waals surface area contributed by atoms with Gasteiger partial charge in [0.15, 0.2) is 11.5 Å². The van der Waals surface area contributed by atoms with Gasteiger partial charge >= 0.3 is 6.61 Å². The number of hydrogen-bond donors (Lipinski definition) is 1. The summed E-state index contributed by atoms with van der Waals surface area (Å²) in [5.74, 6) is 0.393. The standard InChI is InChI=1S/C15H21BrF2N2O2/c1-3-21-13-7-11(6-12(16)14(13)22-15(17)18)9-20-5-4-19-10(2)8-20/h6-7,10,15,19H,3-5,8-9H2,1-2H3/t10-/m0/s1. The molecule has 0 spiro atoms. The van der Waals surface area contributed by atoms with Crippen LogP contribution in [0.3, 0.4) is 0 Å². The molecule has 1 saturated heterocycles. The highest BCUT2D eigenvalue weighted by atomic mass is 79.9. The zero-order valence-corrected chi connectivity index (χ0v) is 14.3. The van der Waals surface area contributed by atoms with E-state index in [1.54, 1.807) is 6.07 Å². The van der Waals surface area contributed by atoms with Gasteiger partial charge in [0.1, 0.15) is 0 Å². The summed E-state index contributed by atoms with van der Waals surface area (Å²) in [6.07, 6.45) is 0. The Morgan fingerprint density at radius 1 is 1.45 bits per heavy atom. The molecule has 1 fully saturated rings. The Hall–Kier alpha value is -0.920. The van der Waals surface area contributed by atoms with Crippen LogP contribution in [0.1, 0.15) is 19.4 Å². The minimum atomic E-state index is -2.88. The summed E-state index contributed by atoms with van der Waals surface area (Å²) in [4.78, 5) is 2.33. The van der Waals surface area contributed by atoms with Gasteiger partial charge in [0.25, 0.3) is 0 Å². The van der Waals surface area contributed by atoms with E-state index in [2.05, 4.69) is 37.8 Å². The number of ether oxygens (including phenoxy) is 2. The van der Waals surface area contributed by atoms with Crippen molar-refractivity contribution in [2.24, 2.45) is 0 Å². The molecule has 0 saturated carbocycles. The van der Waals surface area contributed by atoms with Crippen molar-refractivity contribution in [1.82, 2.24) is 10.2 Å². The van der Waals surface area contributed by atoms with Gasteiger partial charge in [-0.25, -0.2) is 0 Å². The lowest BCUT2D eigenvalue weighted by Crippen LogP contribution is -2.48. The summed E-state index contributed by atoms with van der Waals surface area (Å²) < 4.78 is 35.5. The summed E-state index contributed by atoms with van der Waals surface area (Å²) in [6.45, 7) is 5.08. The maximum Gasteiger partial charge on any atom is 0.387 e. The minimum absolute atomic E-state index is 0.0503. The molecule has 0 amide bonds. The van der Waals surface area contributed by atoms with Crippen molar-refractivity contribution in [2.75, 3.05) is 26.2 Å². The van der Waals surface area contributed by atoms with Crippen LogP contribution in [-0.2, 0) is 6.54 Å². The second-order valence-corrected chi connectivity index (χ2v) is 6.16. The molecule has 1 heterocycles. The lowest BCUT2D eigenvalue weighted by Gasteiger charge is -2.32. The summed E-state index contributed by atoms with van der Waals surface area (Å²) in [5, 5.41) is 3.39. The lowest BCUT2D eigenvalue weighted by molar-refractivity contribution is -0.0519. The van der Waals surface area contributed by atoms with Gasteiger partial charge in [-0.15, -0.1) is 0 Å². The molecule has 1 aromatic rings. The Bertz CT molecular complexity index is 503. The Morgan fingerprint density at radius 2 is 2.23 bits per heavy atom. The van der Waals surface area contributed by atoms with Crippen molar-refractivity contribution in [1.29, 1.82) is 0 Å². The van der Waals surface area contributed by atoms with Gasteiger partial charge in [-0.1, -0.05) is 0 Å². The predicted octanol–water partition coefficient (Wildman–Crippen LogP) is 3.24. The normalized spacial score (nSPS) is 19.5. The number of halogens is 3. The van der Waals surface area contributed by atoms with Crippen molar-refractivity contribution in [3.8, 4) is 11.5 Å². The van der Waals surface area contributed by atoms with E-state index < -0.39 is 6.61 Å². The van der Waals surface area contributed by atoms with Crippen LogP contribution in [0, 0.1) is 0 Å². The SMILES string of the molecule is CCOc1cc(CN2CCN[C@@H](C)C2)cc(Br)c1OC(F)F. The monoisotopic (exact) mass is 378 g/mol. The highest BCUT2D eigenvalue weighted by Crippen LogP contribution is 2.38. The summed E-state index contributed by atoms with van der Waals surface area (Å²) in [6, 6.07) is 4.04. The van der Waals surface area contributed by atoms with Crippen molar-refractivity contribution >= 4 is 15.9 Å². The molecule has 1 aliphatic heterocycles.